The van der Waals surface area contributed by atoms with Crippen molar-refractivity contribution in [3.63, 3.8) is 0 Å². The van der Waals surface area contributed by atoms with E-state index in [0.29, 0.717) is 6.42 Å². The average molecular weight is 185 g/mol. The second-order valence-corrected chi connectivity index (χ2v) is 3.43. The molecule has 0 spiro atoms. The van der Waals surface area contributed by atoms with E-state index < -0.39 is 11.9 Å². The molecule has 5 nitrogen and oxygen atoms in total. The first kappa shape index (κ1) is 11.7. The normalized spacial score (nSPS) is 12.5. The maximum atomic E-state index is 10.7. The summed E-state index contributed by atoms with van der Waals surface area (Å²) >= 11 is 0. The number of amidine groups is 1. The quantitative estimate of drug-likeness (QED) is 0.347. The molecule has 0 unspecified atom stereocenters. The van der Waals surface area contributed by atoms with Crippen molar-refractivity contribution in [3.05, 3.63) is 0 Å². The van der Waals surface area contributed by atoms with Crippen molar-refractivity contribution in [2.45, 2.75) is 26.7 Å². The number of hydrogen-bond acceptors (Lipinski definition) is 3. The van der Waals surface area contributed by atoms with E-state index in [2.05, 4.69) is 5.11 Å². The highest BCUT2D eigenvalue weighted by atomic mass is 16.4. The van der Waals surface area contributed by atoms with Crippen molar-refractivity contribution >= 4 is 11.8 Å². The maximum absolute atomic E-state index is 10.7. The zero-order valence-corrected chi connectivity index (χ0v) is 7.87. The third kappa shape index (κ3) is 5.05. The van der Waals surface area contributed by atoms with Gasteiger partial charge in [0, 0.05) is 6.42 Å². The summed E-state index contributed by atoms with van der Waals surface area (Å²) in [5.41, 5.74) is 6.53. The maximum Gasteiger partial charge on any atom is 0.306 e. The Morgan fingerprint density at radius 2 is 2.08 bits per heavy atom. The van der Waals surface area contributed by atoms with Crippen LogP contribution in [-0.4, -0.2) is 16.9 Å². The molecule has 0 aromatic rings. The zero-order valence-electron chi connectivity index (χ0n) is 7.87. The number of nitrogens with one attached hydrogen (secondary N) is 2. The topological polar surface area (TPSA) is 97.4 Å². The number of carbonyl (C=O) groups is 1. The van der Waals surface area contributed by atoms with Gasteiger partial charge in [0.1, 0.15) is 5.84 Å². The summed E-state index contributed by atoms with van der Waals surface area (Å²) in [6.07, 6.45) is 0.574. The molecular formula is C8H15N3O2. The van der Waals surface area contributed by atoms with Crippen molar-refractivity contribution < 1.29 is 9.90 Å². The minimum Gasteiger partial charge on any atom is -0.481 e. The fraction of sp³-hybridized carbons (Fsp3) is 0.750. The highest BCUT2D eigenvalue weighted by molar-refractivity contribution is 5.84. The van der Waals surface area contributed by atoms with Crippen molar-refractivity contribution in [1.29, 1.82) is 10.9 Å². The van der Waals surface area contributed by atoms with Crippen molar-refractivity contribution in [2.24, 2.45) is 17.0 Å². The molecule has 0 saturated carbocycles. The molecule has 0 bridgehead atoms. The highest BCUT2D eigenvalue weighted by Crippen LogP contribution is 2.16. The van der Waals surface area contributed by atoms with Crippen LogP contribution in [0.4, 0.5) is 0 Å². The van der Waals surface area contributed by atoms with Crippen LogP contribution in [0.1, 0.15) is 26.7 Å². The van der Waals surface area contributed by atoms with Crippen molar-refractivity contribution in [2.75, 3.05) is 0 Å². The molecule has 0 aromatic carbocycles. The van der Waals surface area contributed by atoms with E-state index in [1.807, 2.05) is 13.8 Å². The lowest BCUT2D eigenvalue weighted by Gasteiger charge is -2.12. The predicted octanol–water partition coefficient (Wildman–Crippen LogP) is 2.13. The molecule has 0 aliphatic heterocycles. The zero-order chi connectivity index (χ0) is 10.4. The lowest BCUT2D eigenvalue weighted by Crippen LogP contribution is -2.18. The van der Waals surface area contributed by atoms with E-state index in [1.54, 1.807) is 0 Å². The van der Waals surface area contributed by atoms with Gasteiger partial charge in [-0.2, -0.15) is 0 Å². The van der Waals surface area contributed by atoms with Crippen LogP contribution < -0.4 is 0 Å². The van der Waals surface area contributed by atoms with Gasteiger partial charge >= 0.3 is 5.97 Å². The summed E-state index contributed by atoms with van der Waals surface area (Å²) in [5, 5.41) is 18.7. The fourth-order valence-electron chi connectivity index (χ4n) is 1.12. The molecule has 3 N–H and O–H groups in total. The van der Waals surface area contributed by atoms with Gasteiger partial charge in [-0.1, -0.05) is 13.8 Å². The van der Waals surface area contributed by atoms with Gasteiger partial charge in [-0.15, -0.1) is 5.11 Å². The number of aliphatic carboxylic acids is 1. The Bertz CT molecular complexity index is 213. The third-order valence-electron chi connectivity index (χ3n) is 1.68. The monoisotopic (exact) mass is 185 g/mol. The second kappa shape index (κ2) is 5.40. The van der Waals surface area contributed by atoms with Crippen molar-refractivity contribution in [3.8, 4) is 0 Å². The smallest absolute Gasteiger partial charge is 0.306 e. The van der Waals surface area contributed by atoms with Crippen LogP contribution >= 0.6 is 0 Å². The highest BCUT2D eigenvalue weighted by Gasteiger charge is 2.20. The SMILES string of the molecule is CC(C)C[C@@H](CC(=N)N=N)C(=O)O. The van der Waals surface area contributed by atoms with Crippen LogP contribution in [0.15, 0.2) is 5.11 Å². The molecule has 0 rings (SSSR count). The van der Waals surface area contributed by atoms with Gasteiger partial charge < -0.3 is 5.11 Å². The summed E-state index contributed by atoms with van der Waals surface area (Å²) < 4.78 is 0. The van der Waals surface area contributed by atoms with Crippen LogP contribution in [0.25, 0.3) is 0 Å². The van der Waals surface area contributed by atoms with Crippen LogP contribution in [0.5, 0.6) is 0 Å². The van der Waals surface area contributed by atoms with E-state index in [1.165, 1.54) is 0 Å². The Morgan fingerprint density at radius 3 is 2.38 bits per heavy atom. The van der Waals surface area contributed by atoms with Gasteiger partial charge in [-0.05, 0) is 12.3 Å². The Morgan fingerprint density at radius 1 is 1.54 bits per heavy atom. The van der Waals surface area contributed by atoms with E-state index in [-0.39, 0.29) is 18.2 Å². The van der Waals surface area contributed by atoms with Gasteiger partial charge in [0.2, 0.25) is 0 Å². The molecule has 0 heterocycles. The number of rotatable bonds is 5. The Kier molecular flexibility index (Phi) is 4.87. The van der Waals surface area contributed by atoms with Gasteiger partial charge in [-0.3, -0.25) is 10.2 Å². The minimum atomic E-state index is -0.915. The molecule has 0 radical (unpaired) electrons. The molecule has 5 heteroatoms. The number of hydrogen-bond donors (Lipinski definition) is 3. The molecule has 0 saturated heterocycles. The largest absolute Gasteiger partial charge is 0.481 e. The minimum absolute atomic E-state index is 0.0526. The molecule has 1 atom stereocenters. The molecule has 74 valence electrons. The number of carboxylic acids is 1. The van der Waals surface area contributed by atoms with Gasteiger partial charge in [-0.25, -0.2) is 5.53 Å². The van der Waals surface area contributed by atoms with Gasteiger partial charge in [0.15, 0.2) is 0 Å². The Balaban J connectivity index is 4.17. The summed E-state index contributed by atoms with van der Waals surface area (Å²) in [4.78, 5) is 10.7. The Labute approximate surface area is 77.2 Å². The van der Waals surface area contributed by atoms with Gasteiger partial charge in [0.05, 0.1) is 5.92 Å². The van der Waals surface area contributed by atoms with E-state index in [4.69, 9.17) is 16.0 Å². The summed E-state index contributed by atoms with van der Waals surface area (Å²) in [6, 6.07) is 0. The first-order chi connectivity index (χ1) is 5.97. The first-order valence-corrected chi connectivity index (χ1v) is 4.15. The summed E-state index contributed by atoms with van der Waals surface area (Å²) in [5.74, 6) is -1.39. The van der Waals surface area contributed by atoms with E-state index >= 15 is 0 Å². The van der Waals surface area contributed by atoms with Crippen LogP contribution in [0.2, 0.25) is 0 Å². The number of carboxylic acid groups (broad SMARTS) is 1. The number of nitrogens with zero attached hydrogens (tertiary/aromatic N) is 1. The molecule has 0 amide bonds. The summed E-state index contributed by atoms with van der Waals surface area (Å²) in [7, 11) is 0. The third-order valence-corrected chi connectivity index (χ3v) is 1.68. The van der Waals surface area contributed by atoms with Gasteiger partial charge in [0.25, 0.3) is 0 Å². The Hall–Kier alpha value is -1.26. The molecule has 13 heavy (non-hydrogen) atoms. The van der Waals surface area contributed by atoms with Crippen LogP contribution in [0, 0.1) is 22.8 Å². The molecule has 0 aliphatic rings. The molecule has 0 fully saturated rings. The van der Waals surface area contributed by atoms with E-state index in [0.717, 1.165) is 0 Å². The lowest BCUT2D eigenvalue weighted by atomic mass is 9.94. The molecule has 0 aliphatic carbocycles. The lowest BCUT2D eigenvalue weighted by molar-refractivity contribution is -0.142. The van der Waals surface area contributed by atoms with Crippen molar-refractivity contribution in [1.82, 2.24) is 0 Å². The molecular weight excluding hydrogens is 170 g/mol. The predicted molar refractivity (Wildman–Crippen MR) is 48.1 cm³/mol. The second-order valence-electron chi connectivity index (χ2n) is 3.43. The molecule has 0 aromatic heterocycles. The summed E-state index contributed by atoms with van der Waals surface area (Å²) in [6.45, 7) is 3.86. The fourth-order valence-corrected chi connectivity index (χ4v) is 1.12. The van der Waals surface area contributed by atoms with Crippen LogP contribution in [0.3, 0.4) is 0 Å². The average Bonchev–Trinajstić information content (AvgIpc) is 2.02. The first-order valence-electron chi connectivity index (χ1n) is 4.15. The van der Waals surface area contributed by atoms with E-state index in [9.17, 15) is 4.79 Å². The standard InChI is InChI=1S/C8H15N3O2/c1-5(2)3-6(8(12)13)4-7(9)11-10/h5-6,9-10H,3-4H2,1-2H3,(H,12,13)/t6-/m0/s1. The van der Waals surface area contributed by atoms with Crippen LogP contribution in [-0.2, 0) is 4.79 Å².